The second-order valence-electron chi connectivity index (χ2n) is 11.2. The number of benzene rings is 3. The van der Waals surface area contributed by atoms with Crippen LogP contribution in [0, 0.1) is 18.8 Å². The van der Waals surface area contributed by atoms with Crippen LogP contribution in [0.25, 0.3) is 0 Å². The van der Waals surface area contributed by atoms with Crippen LogP contribution in [0.1, 0.15) is 65.8 Å². The van der Waals surface area contributed by atoms with Gasteiger partial charge in [0, 0.05) is 22.0 Å². The fourth-order valence-electron chi connectivity index (χ4n) is 6.96. The van der Waals surface area contributed by atoms with E-state index in [4.69, 9.17) is 16.3 Å². The number of unbranched alkanes of at least 4 members (excludes halogenated alkanes) is 1. The van der Waals surface area contributed by atoms with E-state index in [9.17, 15) is 19.2 Å². The van der Waals surface area contributed by atoms with Crippen molar-refractivity contribution in [2.45, 2.75) is 51.0 Å². The van der Waals surface area contributed by atoms with Gasteiger partial charge in [0.2, 0.25) is 11.8 Å². The molecular formula is C33H30BrClN2O5. The Balaban J connectivity index is 1.25. The number of nitrogens with one attached hydrogen (secondary N) is 1. The molecule has 42 heavy (non-hydrogen) atoms. The molecule has 3 aromatic rings. The van der Waals surface area contributed by atoms with E-state index >= 15 is 0 Å². The molecule has 216 valence electrons. The summed E-state index contributed by atoms with van der Waals surface area (Å²) >= 11 is 9.62. The van der Waals surface area contributed by atoms with E-state index in [-0.39, 0.29) is 30.1 Å². The number of carbonyl (C=O) groups excluding carboxylic acids is 4. The normalized spacial score (nSPS) is 22.3. The van der Waals surface area contributed by atoms with Crippen molar-refractivity contribution in [3.63, 3.8) is 0 Å². The van der Waals surface area contributed by atoms with Crippen LogP contribution >= 0.6 is 27.5 Å². The Kier molecular flexibility index (Phi) is 7.70. The van der Waals surface area contributed by atoms with Crippen molar-refractivity contribution in [2.24, 2.45) is 11.8 Å². The highest BCUT2D eigenvalue weighted by Gasteiger charge is 2.63. The molecule has 0 unspecified atom stereocenters. The summed E-state index contributed by atoms with van der Waals surface area (Å²) < 4.78 is 6.14. The van der Waals surface area contributed by atoms with Gasteiger partial charge in [0.25, 0.3) is 5.91 Å². The molecule has 4 aliphatic rings. The number of halogens is 2. The largest absolute Gasteiger partial charge is 0.454 e. The van der Waals surface area contributed by atoms with Crippen LogP contribution in [-0.4, -0.2) is 41.2 Å². The molecule has 0 aromatic heterocycles. The van der Waals surface area contributed by atoms with E-state index in [1.54, 1.807) is 19.1 Å². The standard InChI is InChI=1S/C33H30BrClN2O5/c1-3-4-13-24(33(41)42-16-25(38)36-23-15-14-22(34)30(35)17(23)2)37-31(39)28-26-18-9-5-6-10-19(18)27(29(28)32(37)40)21-12-8-7-11-20(21)26/h5-12,14-15,24,26-29H,3-4,13,16H2,1-2H3,(H,36,38)/t24-,26?,27?,28-,29+/m0/s1. The summed E-state index contributed by atoms with van der Waals surface area (Å²) in [6, 6.07) is 18.3. The molecule has 3 amide bonds. The molecule has 1 fully saturated rings. The molecule has 1 N–H and O–H groups in total. The van der Waals surface area contributed by atoms with Crippen LogP contribution in [0.3, 0.4) is 0 Å². The zero-order valence-electron chi connectivity index (χ0n) is 23.2. The molecule has 1 saturated heterocycles. The number of amides is 3. The number of imide groups is 1. The monoisotopic (exact) mass is 648 g/mol. The SMILES string of the molecule is CCCC[C@@H](C(=O)OCC(=O)Nc1ccc(Br)c(Cl)c1C)N1C(=O)[C@@H]2C3c4ccccc4C(c4ccccc43)[C@@H]2C1=O. The van der Waals surface area contributed by atoms with Gasteiger partial charge < -0.3 is 10.1 Å². The fourth-order valence-corrected chi connectivity index (χ4v) is 7.56. The topological polar surface area (TPSA) is 92.8 Å². The smallest absolute Gasteiger partial charge is 0.329 e. The lowest BCUT2D eigenvalue weighted by Crippen LogP contribution is -2.47. The predicted molar refractivity (Wildman–Crippen MR) is 162 cm³/mol. The number of hydrogen-bond donors (Lipinski definition) is 1. The summed E-state index contributed by atoms with van der Waals surface area (Å²) in [5, 5.41) is 3.18. The maximum Gasteiger partial charge on any atom is 0.329 e. The van der Waals surface area contributed by atoms with E-state index < -0.39 is 36.4 Å². The zero-order chi connectivity index (χ0) is 29.7. The third-order valence-electron chi connectivity index (χ3n) is 8.86. The lowest BCUT2D eigenvalue weighted by Gasteiger charge is -2.45. The summed E-state index contributed by atoms with van der Waals surface area (Å²) in [5.41, 5.74) is 5.43. The van der Waals surface area contributed by atoms with Crippen LogP contribution < -0.4 is 5.32 Å². The zero-order valence-corrected chi connectivity index (χ0v) is 25.6. The number of likely N-dealkylation sites (tertiary alicyclic amines) is 1. The maximum absolute atomic E-state index is 14.1. The van der Waals surface area contributed by atoms with Crippen LogP contribution in [0.5, 0.6) is 0 Å². The minimum absolute atomic E-state index is 0.261. The van der Waals surface area contributed by atoms with Crippen LogP contribution in [0.15, 0.2) is 65.1 Å². The number of rotatable bonds is 8. The number of esters is 1. The van der Waals surface area contributed by atoms with Crippen LogP contribution in [0.2, 0.25) is 5.02 Å². The van der Waals surface area contributed by atoms with Gasteiger partial charge in [-0.2, -0.15) is 0 Å². The first-order chi connectivity index (χ1) is 20.2. The van der Waals surface area contributed by atoms with Crippen molar-refractivity contribution in [3.05, 3.63) is 98.0 Å². The fraction of sp³-hybridized carbons (Fsp3) is 0.333. The van der Waals surface area contributed by atoms with E-state index in [1.165, 1.54) is 0 Å². The minimum atomic E-state index is -1.10. The van der Waals surface area contributed by atoms with Crippen molar-refractivity contribution < 1.29 is 23.9 Å². The highest BCUT2D eigenvalue weighted by molar-refractivity contribution is 9.10. The van der Waals surface area contributed by atoms with E-state index in [1.807, 2.05) is 55.5 Å². The van der Waals surface area contributed by atoms with Gasteiger partial charge >= 0.3 is 5.97 Å². The van der Waals surface area contributed by atoms with E-state index in [2.05, 4.69) is 21.2 Å². The average molecular weight is 650 g/mol. The highest BCUT2D eigenvalue weighted by atomic mass is 79.9. The lowest BCUT2D eigenvalue weighted by atomic mass is 9.55. The Labute approximate surface area is 257 Å². The summed E-state index contributed by atoms with van der Waals surface area (Å²) in [5.74, 6) is -3.68. The number of ether oxygens (including phenoxy) is 1. The van der Waals surface area contributed by atoms with Gasteiger partial charge in [0.05, 0.1) is 16.9 Å². The molecule has 0 saturated carbocycles. The lowest BCUT2D eigenvalue weighted by molar-refractivity contribution is -0.160. The highest BCUT2D eigenvalue weighted by Crippen LogP contribution is 2.61. The number of anilines is 1. The van der Waals surface area contributed by atoms with Crippen LogP contribution in [0.4, 0.5) is 5.69 Å². The average Bonchev–Trinajstić information content (AvgIpc) is 3.26. The van der Waals surface area contributed by atoms with Gasteiger partial charge in [-0.25, -0.2) is 4.79 Å². The molecule has 2 bridgehead atoms. The van der Waals surface area contributed by atoms with Gasteiger partial charge in [-0.15, -0.1) is 0 Å². The van der Waals surface area contributed by atoms with Gasteiger partial charge in [0.15, 0.2) is 6.61 Å². The van der Waals surface area contributed by atoms with Gasteiger partial charge in [-0.1, -0.05) is 79.9 Å². The Hall–Kier alpha value is -3.49. The second-order valence-corrected chi connectivity index (χ2v) is 12.4. The molecule has 7 nitrogen and oxygen atoms in total. The Morgan fingerprint density at radius 1 is 0.929 bits per heavy atom. The van der Waals surface area contributed by atoms with Crippen molar-refractivity contribution in [1.29, 1.82) is 0 Å². The molecule has 3 aliphatic carbocycles. The molecule has 3 atom stereocenters. The molecule has 1 heterocycles. The Bertz CT molecular complexity index is 1510. The van der Waals surface area contributed by atoms with Gasteiger partial charge in [-0.05, 0) is 69.2 Å². The third kappa shape index (κ3) is 4.56. The summed E-state index contributed by atoms with van der Waals surface area (Å²) in [6.45, 7) is 3.19. The second kappa shape index (κ2) is 11.3. The third-order valence-corrected chi connectivity index (χ3v) is 10.2. The van der Waals surface area contributed by atoms with Crippen molar-refractivity contribution in [3.8, 4) is 0 Å². The molecule has 1 aliphatic heterocycles. The number of hydrogen-bond acceptors (Lipinski definition) is 5. The van der Waals surface area contributed by atoms with Crippen molar-refractivity contribution >= 4 is 56.9 Å². The quantitative estimate of drug-likeness (QED) is 0.227. The summed E-state index contributed by atoms with van der Waals surface area (Å²) in [6.07, 6.45) is 1.64. The van der Waals surface area contributed by atoms with Crippen LogP contribution in [-0.2, 0) is 23.9 Å². The summed E-state index contributed by atoms with van der Waals surface area (Å²) in [7, 11) is 0. The molecule has 7 rings (SSSR count). The Morgan fingerprint density at radius 2 is 1.45 bits per heavy atom. The van der Waals surface area contributed by atoms with Crippen molar-refractivity contribution in [2.75, 3.05) is 11.9 Å². The van der Waals surface area contributed by atoms with Gasteiger partial charge in [-0.3, -0.25) is 19.3 Å². The number of carbonyl (C=O) groups is 4. The first-order valence-corrected chi connectivity index (χ1v) is 15.4. The minimum Gasteiger partial charge on any atom is -0.454 e. The molecule has 9 heteroatoms. The van der Waals surface area contributed by atoms with E-state index in [0.29, 0.717) is 27.2 Å². The summed E-state index contributed by atoms with van der Waals surface area (Å²) in [4.78, 5) is 55.7. The van der Waals surface area contributed by atoms with E-state index in [0.717, 1.165) is 33.6 Å². The predicted octanol–water partition coefficient (Wildman–Crippen LogP) is 6.34. The molecule has 0 spiro atoms. The molecular weight excluding hydrogens is 620 g/mol. The van der Waals surface area contributed by atoms with Crippen molar-refractivity contribution in [1.82, 2.24) is 4.90 Å². The first kappa shape index (κ1) is 28.6. The maximum atomic E-state index is 14.1. The number of nitrogens with zero attached hydrogens (tertiary/aromatic N) is 1. The first-order valence-electron chi connectivity index (χ1n) is 14.2. The Morgan fingerprint density at radius 3 is 1.95 bits per heavy atom. The van der Waals surface area contributed by atoms with Gasteiger partial charge in [0.1, 0.15) is 6.04 Å². The molecule has 3 aromatic carbocycles. The molecule has 0 radical (unpaired) electrons.